The number of amides is 1. The van der Waals surface area contributed by atoms with Gasteiger partial charge < -0.3 is 10.2 Å². The first-order chi connectivity index (χ1) is 15.2. The lowest BCUT2D eigenvalue weighted by Crippen LogP contribution is -2.39. The van der Waals surface area contributed by atoms with Crippen LogP contribution in [0.5, 0.6) is 0 Å². The molecule has 0 aliphatic carbocycles. The van der Waals surface area contributed by atoms with E-state index in [1.54, 1.807) is 0 Å². The number of halogens is 1. The van der Waals surface area contributed by atoms with E-state index >= 15 is 0 Å². The third kappa shape index (κ3) is 7.03. The maximum absolute atomic E-state index is 13.0. The van der Waals surface area contributed by atoms with E-state index in [0.29, 0.717) is 12.1 Å². The van der Waals surface area contributed by atoms with Gasteiger partial charge in [0.15, 0.2) is 0 Å². The standard InChI is InChI=1S/C24H32FN3O3S/c1-18-15-19(2)17-28(16-18)14-4-3-13-26-24(29)20-5-11-23(12-6-20)32(30,31)27-22-9-7-21(25)8-10-22/h5-12,18-19,27H,3-4,13-17H2,1-2H3,(H,26,29). The molecule has 0 aromatic heterocycles. The van der Waals surface area contributed by atoms with Crippen molar-refractivity contribution in [2.24, 2.45) is 11.8 Å². The summed E-state index contributed by atoms with van der Waals surface area (Å²) in [4.78, 5) is 14.9. The van der Waals surface area contributed by atoms with Gasteiger partial charge >= 0.3 is 0 Å². The smallest absolute Gasteiger partial charge is 0.261 e. The molecular formula is C24H32FN3O3S. The molecule has 32 heavy (non-hydrogen) atoms. The predicted octanol–water partition coefficient (Wildman–Crippen LogP) is 4.11. The van der Waals surface area contributed by atoms with Crippen molar-refractivity contribution in [2.75, 3.05) is 30.9 Å². The summed E-state index contributed by atoms with van der Waals surface area (Å²) in [6.45, 7) is 8.56. The maximum Gasteiger partial charge on any atom is 0.261 e. The molecule has 1 aliphatic rings. The number of nitrogens with one attached hydrogen (secondary N) is 2. The molecule has 1 fully saturated rings. The van der Waals surface area contributed by atoms with Gasteiger partial charge in [-0.15, -0.1) is 0 Å². The van der Waals surface area contributed by atoms with Crippen LogP contribution in [0.1, 0.15) is 43.5 Å². The van der Waals surface area contributed by atoms with Crippen molar-refractivity contribution in [3.8, 4) is 0 Å². The first-order valence-corrected chi connectivity index (χ1v) is 12.6. The van der Waals surface area contributed by atoms with Gasteiger partial charge in [-0.2, -0.15) is 0 Å². The first-order valence-electron chi connectivity index (χ1n) is 11.1. The van der Waals surface area contributed by atoms with Crippen LogP contribution in [-0.4, -0.2) is 45.4 Å². The van der Waals surface area contributed by atoms with Crippen LogP contribution in [0.25, 0.3) is 0 Å². The number of sulfonamides is 1. The van der Waals surface area contributed by atoms with Gasteiger partial charge in [-0.25, -0.2) is 12.8 Å². The van der Waals surface area contributed by atoms with Crippen molar-refractivity contribution >= 4 is 21.6 Å². The number of carbonyl (C=O) groups is 1. The maximum atomic E-state index is 13.0. The number of nitrogens with zero attached hydrogens (tertiary/aromatic N) is 1. The van der Waals surface area contributed by atoms with Crippen LogP contribution in [0.3, 0.4) is 0 Å². The second-order valence-corrected chi connectivity index (χ2v) is 10.5. The summed E-state index contributed by atoms with van der Waals surface area (Å²) in [6.07, 6.45) is 3.24. The SMILES string of the molecule is CC1CC(C)CN(CCCCNC(=O)c2ccc(S(=O)(=O)Nc3ccc(F)cc3)cc2)C1. The minimum absolute atomic E-state index is 0.0309. The molecule has 2 atom stereocenters. The van der Waals surface area contributed by atoms with E-state index in [1.165, 1.54) is 55.0 Å². The number of piperidine rings is 1. The Balaban J connectivity index is 1.44. The molecule has 3 rings (SSSR count). The lowest BCUT2D eigenvalue weighted by Gasteiger charge is -2.34. The number of hydrogen-bond acceptors (Lipinski definition) is 4. The third-order valence-electron chi connectivity index (χ3n) is 5.65. The second-order valence-electron chi connectivity index (χ2n) is 8.81. The summed E-state index contributed by atoms with van der Waals surface area (Å²) in [5, 5.41) is 2.90. The fourth-order valence-electron chi connectivity index (χ4n) is 4.26. The topological polar surface area (TPSA) is 78.5 Å². The summed E-state index contributed by atoms with van der Waals surface area (Å²) in [7, 11) is -3.82. The van der Waals surface area contributed by atoms with Gasteiger partial charge in [0.25, 0.3) is 15.9 Å². The van der Waals surface area contributed by atoms with Gasteiger partial charge in [0.05, 0.1) is 4.90 Å². The Morgan fingerprint density at radius 3 is 2.25 bits per heavy atom. The van der Waals surface area contributed by atoms with Gasteiger partial charge in [0.2, 0.25) is 0 Å². The minimum Gasteiger partial charge on any atom is -0.352 e. The Morgan fingerprint density at radius 1 is 1.00 bits per heavy atom. The molecule has 0 bridgehead atoms. The molecule has 2 N–H and O–H groups in total. The largest absolute Gasteiger partial charge is 0.352 e. The number of hydrogen-bond donors (Lipinski definition) is 2. The van der Waals surface area contributed by atoms with Crippen LogP contribution in [0.4, 0.5) is 10.1 Å². The van der Waals surface area contributed by atoms with Crippen LogP contribution in [-0.2, 0) is 10.0 Å². The van der Waals surface area contributed by atoms with Crippen molar-refractivity contribution in [3.63, 3.8) is 0 Å². The van der Waals surface area contributed by atoms with Crippen molar-refractivity contribution in [3.05, 3.63) is 59.9 Å². The normalized spacial score (nSPS) is 19.5. The molecule has 0 saturated carbocycles. The van der Waals surface area contributed by atoms with E-state index in [2.05, 4.69) is 28.8 Å². The van der Waals surface area contributed by atoms with Gasteiger partial charge in [-0.1, -0.05) is 13.8 Å². The molecule has 0 spiro atoms. The first kappa shape index (κ1) is 24.2. The molecule has 1 amide bonds. The number of anilines is 1. The Bertz CT molecular complexity index is 984. The predicted molar refractivity (Wildman–Crippen MR) is 125 cm³/mol. The van der Waals surface area contributed by atoms with Crippen LogP contribution < -0.4 is 10.0 Å². The van der Waals surface area contributed by atoms with E-state index in [4.69, 9.17) is 0 Å². The van der Waals surface area contributed by atoms with Crippen molar-refractivity contribution in [1.29, 1.82) is 0 Å². The zero-order valence-electron chi connectivity index (χ0n) is 18.7. The average molecular weight is 462 g/mol. The number of rotatable bonds is 9. The average Bonchev–Trinajstić information content (AvgIpc) is 2.74. The molecule has 2 aromatic carbocycles. The van der Waals surface area contributed by atoms with E-state index in [0.717, 1.165) is 44.3 Å². The number of unbranched alkanes of at least 4 members (excludes halogenated alkanes) is 1. The molecule has 2 aromatic rings. The Morgan fingerprint density at radius 2 is 1.62 bits per heavy atom. The zero-order chi connectivity index (χ0) is 23.1. The van der Waals surface area contributed by atoms with E-state index in [9.17, 15) is 17.6 Å². The van der Waals surface area contributed by atoms with Crippen molar-refractivity contribution in [2.45, 2.75) is 38.0 Å². The van der Waals surface area contributed by atoms with Gasteiger partial charge in [0, 0.05) is 30.9 Å². The number of likely N-dealkylation sites (tertiary alicyclic amines) is 1. The zero-order valence-corrected chi connectivity index (χ0v) is 19.5. The van der Waals surface area contributed by atoms with E-state index in [1.807, 2.05) is 0 Å². The van der Waals surface area contributed by atoms with E-state index in [-0.39, 0.29) is 16.5 Å². The summed E-state index contributed by atoms with van der Waals surface area (Å²) in [6, 6.07) is 10.8. The third-order valence-corrected chi connectivity index (χ3v) is 7.05. The van der Waals surface area contributed by atoms with Crippen LogP contribution >= 0.6 is 0 Å². The molecular weight excluding hydrogens is 429 g/mol. The van der Waals surface area contributed by atoms with Gasteiger partial charge in [0.1, 0.15) is 5.82 Å². The lowest BCUT2D eigenvalue weighted by atomic mass is 9.92. The van der Waals surface area contributed by atoms with Crippen molar-refractivity contribution < 1.29 is 17.6 Å². The molecule has 0 radical (unpaired) electrons. The highest BCUT2D eigenvalue weighted by Gasteiger charge is 2.21. The summed E-state index contributed by atoms with van der Waals surface area (Å²) in [5.74, 6) is 0.826. The Hall–Kier alpha value is -2.45. The number of carbonyl (C=O) groups excluding carboxylic acids is 1. The van der Waals surface area contributed by atoms with Crippen molar-refractivity contribution in [1.82, 2.24) is 10.2 Å². The number of benzene rings is 2. The quantitative estimate of drug-likeness (QED) is 0.551. The molecule has 6 nitrogen and oxygen atoms in total. The van der Waals surface area contributed by atoms with Gasteiger partial charge in [-0.05, 0) is 86.2 Å². The molecule has 1 saturated heterocycles. The second kappa shape index (κ2) is 10.9. The molecule has 2 unspecified atom stereocenters. The lowest BCUT2D eigenvalue weighted by molar-refractivity contribution is 0.0951. The Kier molecular flexibility index (Phi) is 8.26. The van der Waals surface area contributed by atoms with Crippen LogP contribution in [0.2, 0.25) is 0 Å². The fourth-order valence-corrected chi connectivity index (χ4v) is 5.32. The van der Waals surface area contributed by atoms with Crippen LogP contribution in [0.15, 0.2) is 53.4 Å². The van der Waals surface area contributed by atoms with Crippen LogP contribution in [0, 0.1) is 17.7 Å². The minimum atomic E-state index is -3.82. The monoisotopic (exact) mass is 461 g/mol. The molecule has 8 heteroatoms. The van der Waals surface area contributed by atoms with E-state index < -0.39 is 15.8 Å². The molecule has 1 aliphatic heterocycles. The fraction of sp³-hybridized carbons (Fsp3) is 0.458. The highest BCUT2D eigenvalue weighted by molar-refractivity contribution is 7.92. The summed E-state index contributed by atoms with van der Waals surface area (Å²) >= 11 is 0. The highest BCUT2D eigenvalue weighted by Crippen LogP contribution is 2.21. The summed E-state index contributed by atoms with van der Waals surface area (Å²) < 4.78 is 40.3. The van der Waals surface area contributed by atoms with Gasteiger partial charge in [-0.3, -0.25) is 9.52 Å². The highest BCUT2D eigenvalue weighted by atomic mass is 32.2. The molecule has 174 valence electrons. The summed E-state index contributed by atoms with van der Waals surface area (Å²) in [5.41, 5.74) is 0.672. The molecule has 1 heterocycles. The Labute approximate surface area is 190 Å².